The van der Waals surface area contributed by atoms with E-state index in [1.54, 1.807) is 32.0 Å². The topological polar surface area (TPSA) is 105 Å². The summed E-state index contributed by atoms with van der Waals surface area (Å²) in [6.07, 6.45) is 0. The van der Waals surface area contributed by atoms with Crippen LogP contribution in [0, 0.1) is 0 Å². The van der Waals surface area contributed by atoms with Gasteiger partial charge < -0.3 is 24.6 Å². The van der Waals surface area contributed by atoms with E-state index in [0.717, 1.165) is 0 Å². The average Bonchev–Trinajstić information content (AvgIpc) is 2.45. The second-order valence-electron chi connectivity index (χ2n) is 4.10. The Kier molecular flexibility index (Phi) is 6.84. The van der Waals surface area contributed by atoms with E-state index in [0.29, 0.717) is 11.0 Å². The molecule has 0 radical (unpaired) electrons. The summed E-state index contributed by atoms with van der Waals surface area (Å²) in [5, 5.41) is 20.9. The van der Waals surface area contributed by atoms with Gasteiger partial charge in [-0.2, -0.15) is 0 Å². The Hall–Kier alpha value is -1.40. The van der Waals surface area contributed by atoms with Crippen LogP contribution in [0.15, 0.2) is 24.3 Å². The molecule has 0 saturated heterocycles. The predicted octanol–water partition coefficient (Wildman–Crippen LogP) is 1.44. The third-order valence-electron chi connectivity index (χ3n) is 2.58. The van der Waals surface area contributed by atoms with Gasteiger partial charge in [0.05, 0.1) is 25.1 Å². The van der Waals surface area contributed by atoms with E-state index in [9.17, 15) is 9.36 Å². The van der Waals surface area contributed by atoms with E-state index in [1.807, 2.05) is 0 Å². The molecule has 0 fully saturated rings. The maximum Gasteiger partial charge on any atom is 0.361 e. The third kappa shape index (κ3) is 4.82. The largest absolute Gasteiger partial charge is 0.480 e. The summed E-state index contributed by atoms with van der Waals surface area (Å²) in [5.74, 6) is -1.18. The first-order chi connectivity index (χ1) is 9.96. The molecule has 0 aliphatic rings. The Balaban J connectivity index is 3.03. The minimum Gasteiger partial charge on any atom is -0.480 e. The molecule has 0 unspecified atom stereocenters. The van der Waals surface area contributed by atoms with Crippen molar-refractivity contribution in [1.82, 2.24) is 0 Å². The smallest absolute Gasteiger partial charge is 0.361 e. The molecular weight excluding hydrogens is 297 g/mol. The van der Waals surface area contributed by atoms with Gasteiger partial charge in [-0.3, -0.25) is 4.57 Å². The van der Waals surface area contributed by atoms with Crippen molar-refractivity contribution in [2.24, 2.45) is 0 Å². The average molecular weight is 317 g/mol. The molecule has 1 aromatic rings. The lowest BCUT2D eigenvalue weighted by Crippen LogP contribution is -2.33. The fourth-order valence-electron chi connectivity index (χ4n) is 1.68. The number of aliphatic hydroxyl groups is 1. The molecule has 0 heterocycles. The van der Waals surface area contributed by atoms with Crippen LogP contribution in [0.1, 0.15) is 13.8 Å². The molecule has 8 heteroatoms. The molecule has 1 rings (SSSR count). The van der Waals surface area contributed by atoms with Gasteiger partial charge in [-0.25, -0.2) is 4.79 Å². The Morgan fingerprint density at radius 1 is 1.33 bits per heavy atom. The SMILES string of the molecule is CCOP(=O)(OCC)c1cccc(N[C@H](CO)C(=O)O)c1. The molecule has 0 aromatic heterocycles. The fourth-order valence-corrected chi connectivity index (χ4v) is 3.30. The number of aliphatic carboxylic acids is 1. The van der Waals surface area contributed by atoms with E-state index < -0.39 is 26.2 Å². The Morgan fingerprint density at radius 3 is 2.43 bits per heavy atom. The second-order valence-corrected chi connectivity index (χ2v) is 6.13. The van der Waals surface area contributed by atoms with E-state index in [-0.39, 0.29) is 13.2 Å². The number of aliphatic hydroxyl groups excluding tert-OH is 1. The number of carbonyl (C=O) groups is 1. The monoisotopic (exact) mass is 317 g/mol. The van der Waals surface area contributed by atoms with Crippen molar-refractivity contribution in [3.63, 3.8) is 0 Å². The standard InChI is InChI=1S/C13H20NO6P/c1-3-19-21(18,20-4-2)11-7-5-6-10(8-11)14-12(9-15)13(16)17/h5-8,12,14-15H,3-4,9H2,1-2H3,(H,16,17)/t12-/m1/s1. The van der Waals surface area contributed by atoms with Crippen LogP contribution in [0.2, 0.25) is 0 Å². The van der Waals surface area contributed by atoms with Crippen molar-refractivity contribution in [2.75, 3.05) is 25.1 Å². The van der Waals surface area contributed by atoms with Crippen LogP contribution in [0.4, 0.5) is 5.69 Å². The van der Waals surface area contributed by atoms with Crippen molar-refractivity contribution in [3.8, 4) is 0 Å². The van der Waals surface area contributed by atoms with Gasteiger partial charge in [-0.1, -0.05) is 6.07 Å². The summed E-state index contributed by atoms with van der Waals surface area (Å²) >= 11 is 0. The highest BCUT2D eigenvalue weighted by atomic mass is 31.2. The van der Waals surface area contributed by atoms with Crippen LogP contribution in [-0.2, 0) is 18.4 Å². The van der Waals surface area contributed by atoms with Crippen LogP contribution in [0.25, 0.3) is 0 Å². The molecular formula is C13H20NO6P. The molecule has 0 saturated carbocycles. The summed E-state index contributed by atoms with van der Waals surface area (Å²) in [6.45, 7) is 3.31. The summed E-state index contributed by atoms with van der Waals surface area (Å²) in [5.41, 5.74) is 0.411. The summed E-state index contributed by atoms with van der Waals surface area (Å²) < 4.78 is 23.1. The lowest BCUT2D eigenvalue weighted by Gasteiger charge is -2.19. The lowest BCUT2D eigenvalue weighted by atomic mass is 10.2. The zero-order chi connectivity index (χ0) is 15.9. The van der Waals surface area contributed by atoms with Crippen LogP contribution in [-0.4, -0.2) is 42.0 Å². The molecule has 0 amide bonds. The maximum atomic E-state index is 12.6. The number of nitrogens with one attached hydrogen (secondary N) is 1. The molecule has 1 atom stereocenters. The molecule has 21 heavy (non-hydrogen) atoms. The third-order valence-corrected chi connectivity index (χ3v) is 4.69. The van der Waals surface area contributed by atoms with E-state index in [2.05, 4.69) is 5.32 Å². The summed E-state index contributed by atoms with van der Waals surface area (Å²) in [7, 11) is -3.42. The normalized spacial score (nSPS) is 12.9. The first kappa shape index (κ1) is 17.7. The van der Waals surface area contributed by atoms with Crippen molar-refractivity contribution in [3.05, 3.63) is 24.3 Å². The molecule has 1 aromatic carbocycles. The van der Waals surface area contributed by atoms with Crippen molar-refractivity contribution in [1.29, 1.82) is 0 Å². The molecule has 7 nitrogen and oxygen atoms in total. The highest BCUT2D eigenvalue weighted by molar-refractivity contribution is 7.62. The summed E-state index contributed by atoms with van der Waals surface area (Å²) in [4.78, 5) is 10.9. The number of hydrogen-bond acceptors (Lipinski definition) is 6. The van der Waals surface area contributed by atoms with Gasteiger partial charge in [-0.05, 0) is 32.0 Å². The number of carboxylic acid groups (broad SMARTS) is 1. The molecule has 0 bridgehead atoms. The maximum absolute atomic E-state index is 12.6. The minimum absolute atomic E-state index is 0.226. The number of carboxylic acids is 1. The van der Waals surface area contributed by atoms with E-state index in [1.165, 1.54) is 6.07 Å². The number of benzene rings is 1. The highest BCUT2D eigenvalue weighted by Gasteiger charge is 2.27. The number of rotatable bonds is 9. The first-order valence-electron chi connectivity index (χ1n) is 6.56. The van der Waals surface area contributed by atoms with Gasteiger partial charge in [-0.15, -0.1) is 0 Å². The zero-order valence-electron chi connectivity index (χ0n) is 12.0. The van der Waals surface area contributed by atoms with Crippen LogP contribution in [0.5, 0.6) is 0 Å². The van der Waals surface area contributed by atoms with Gasteiger partial charge in [0.25, 0.3) is 0 Å². The molecule has 3 N–H and O–H groups in total. The lowest BCUT2D eigenvalue weighted by molar-refractivity contribution is -0.138. The quantitative estimate of drug-likeness (QED) is 0.592. The van der Waals surface area contributed by atoms with Gasteiger partial charge in [0.2, 0.25) is 0 Å². The molecule has 0 spiro atoms. The van der Waals surface area contributed by atoms with Gasteiger partial charge in [0, 0.05) is 5.69 Å². The number of anilines is 1. The molecule has 0 aliphatic carbocycles. The van der Waals surface area contributed by atoms with Crippen molar-refractivity contribution >= 4 is 24.6 Å². The Labute approximate surface area is 123 Å². The second kappa shape index (κ2) is 8.14. The Morgan fingerprint density at radius 2 is 1.95 bits per heavy atom. The van der Waals surface area contributed by atoms with E-state index >= 15 is 0 Å². The van der Waals surface area contributed by atoms with E-state index in [4.69, 9.17) is 19.3 Å². The Bertz CT molecular complexity index is 511. The highest BCUT2D eigenvalue weighted by Crippen LogP contribution is 2.47. The zero-order valence-corrected chi connectivity index (χ0v) is 12.9. The van der Waals surface area contributed by atoms with Crippen molar-refractivity contribution < 1.29 is 28.6 Å². The van der Waals surface area contributed by atoms with Crippen LogP contribution in [0.3, 0.4) is 0 Å². The van der Waals surface area contributed by atoms with Crippen molar-refractivity contribution in [2.45, 2.75) is 19.9 Å². The van der Waals surface area contributed by atoms with Gasteiger partial charge >= 0.3 is 13.6 Å². The first-order valence-corrected chi connectivity index (χ1v) is 8.11. The minimum atomic E-state index is -3.42. The number of hydrogen-bond donors (Lipinski definition) is 3. The summed E-state index contributed by atoms with van der Waals surface area (Å²) in [6, 6.07) is 5.17. The van der Waals surface area contributed by atoms with Gasteiger partial charge in [0.15, 0.2) is 0 Å². The molecule has 0 aliphatic heterocycles. The van der Waals surface area contributed by atoms with Crippen LogP contribution >= 0.6 is 7.60 Å². The molecule has 118 valence electrons. The van der Waals surface area contributed by atoms with Gasteiger partial charge in [0.1, 0.15) is 6.04 Å². The van der Waals surface area contributed by atoms with Crippen LogP contribution < -0.4 is 10.6 Å². The predicted molar refractivity (Wildman–Crippen MR) is 79.1 cm³/mol. The fraction of sp³-hybridized carbons (Fsp3) is 0.462.